The third-order valence-electron chi connectivity index (χ3n) is 6.69. The first kappa shape index (κ1) is 26.7. The predicted octanol–water partition coefficient (Wildman–Crippen LogP) is 5.11. The Morgan fingerprint density at radius 3 is 2.19 bits per heavy atom. The lowest BCUT2D eigenvalue weighted by molar-refractivity contribution is -0.157. The fourth-order valence-corrected chi connectivity index (χ4v) is 6.50. The van der Waals surface area contributed by atoms with E-state index in [0.717, 1.165) is 11.3 Å². The van der Waals surface area contributed by atoms with Gasteiger partial charge in [-0.3, -0.25) is 9.69 Å². The number of hydrogen-bond acceptors (Lipinski definition) is 7. The summed E-state index contributed by atoms with van der Waals surface area (Å²) in [4.78, 5) is 15.5. The molecule has 0 unspecified atom stereocenters. The van der Waals surface area contributed by atoms with Crippen molar-refractivity contribution in [1.82, 2.24) is 4.90 Å². The number of nitrogens with zero attached hydrogens (tertiary/aromatic N) is 1. The smallest absolute Gasteiger partial charge is 0.313 e. The number of likely N-dealkylation sites (tertiary alicyclic amines) is 1. The second-order valence-electron chi connectivity index (χ2n) is 9.27. The van der Waals surface area contributed by atoms with Crippen molar-refractivity contribution in [2.75, 3.05) is 32.6 Å². The summed E-state index contributed by atoms with van der Waals surface area (Å²) in [6.07, 6.45) is 0.814. The summed E-state index contributed by atoms with van der Waals surface area (Å²) in [7, 11) is -2.11. The number of para-hydroxylation sites is 1. The van der Waals surface area contributed by atoms with Crippen LogP contribution in [0.4, 0.5) is 0 Å². The Labute approximate surface area is 218 Å². The maximum atomic E-state index is 13.5. The zero-order chi connectivity index (χ0) is 26.3. The van der Waals surface area contributed by atoms with Crippen LogP contribution in [0.1, 0.15) is 25.3 Å². The molecule has 1 saturated heterocycles. The molecule has 4 rings (SSSR count). The monoisotopic (exact) mass is 523 g/mol. The minimum absolute atomic E-state index is 0.162. The Hall–Kier alpha value is -3.36. The van der Waals surface area contributed by atoms with Gasteiger partial charge in [-0.25, -0.2) is 8.42 Å². The first-order chi connectivity index (χ1) is 17.8. The molecule has 1 aliphatic rings. The first-order valence-electron chi connectivity index (χ1n) is 12.4. The molecular weight excluding hydrogens is 490 g/mol. The first-order valence-corrected chi connectivity index (χ1v) is 14.1. The molecule has 0 aromatic heterocycles. The number of methoxy groups -OCH3 is 1. The fourth-order valence-electron chi connectivity index (χ4n) is 4.65. The Balaban J connectivity index is 1.46. The Morgan fingerprint density at radius 1 is 0.892 bits per heavy atom. The van der Waals surface area contributed by atoms with Gasteiger partial charge in [-0.2, -0.15) is 0 Å². The minimum Gasteiger partial charge on any atom is -0.497 e. The van der Waals surface area contributed by atoms with Gasteiger partial charge in [-0.1, -0.05) is 30.3 Å². The lowest BCUT2D eigenvalue weighted by atomic mass is 9.80. The van der Waals surface area contributed by atoms with Crippen molar-refractivity contribution < 1.29 is 27.4 Å². The number of benzene rings is 3. The highest BCUT2D eigenvalue weighted by Gasteiger charge is 2.46. The molecule has 0 spiro atoms. The van der Waals surface area contributed by atoms with Crippen LogP contribution in [0.3, 0.4) is 0 Å². The van der Waals surface area contributed by atoms with E-state index in [-0.39, 0.29) is 17.3 Å². The van der Waals surface area contributed by atoms with Crippen LogP contribution in [0.5, 0.6) is 17.2 Å². The van der Waals surface area contributed by atoms with E-state index in [4.69, 9.17) is 14.2 Å². The number of esters is 1. The molecule has 196 valence electrons. The van der Waals surface area contributed by atoms with Gasteiger partial charge in [0.2, 0.25) is 0 Å². The van der Waals surface area contributed by atoms with E-state index < -0.39 is 21.2 Å². The largest absolute Gasteiger partial charge is 0.497 e. The molecule has 0 radical (unpaired) electrons. The van der Waals surface area contributed by atoms with Crippen LogP contribution in [-0.4, -0.2) is 51.8 Å². The number of carbonyl (C=O) groups excluding carboxylic acids is 1. The van der Waals surface area contributed by atoms with Gasteiger partial charge in [-0.05, 0) is 86.9 Å². The summed E-state index contributed by atoms with van der Waals surface area (Å²) in [6, 6.07) is 23.5. The molecule has 0 atom stereocenters. The Bertz CT molecular complexity index is 1280. The summed E-state index contributed by atoms with van der Waals surface area (Å²) < 4.78 is 43.4. The topological polar surface area (TPSA) is 82.1 Å². The molecule has 1 aliphatic heterocycles. The third kappa shape index (κ3) is 6.70. The van der Waals surface area contributed by atoms with Crippen molar-refractivity contribution in [3.8, 4) is 17.2 Å². The van der Waals surface area contributed by atoms with E-state index in [9.17, 15) is 13.2 Å². The minimum atomic E-state index is -3.75. The number of sulfone groups is 1. The van der Waals surface area contributed by atoms with Crippen molar-refractivity contribution >= 4 is 15.8 Å². The molecule has 37 heavy (non-hydrogen) atoms. The van der Waals surface area contributed by atoms with Crippen LogP contribution in [0.25, 0.3) is 0 Å². The van der Waals surface area contributed by atoms with Gasteiger partial charge >= 0.3 is 5.97 Å². The standard InChI is InChI=1S/C29H33NO6S/c1-3-35-28(31)29(16-18-30(19-17-29)21-23-8-7-11-26(20-23)34-2)22-37(32,33)27-14-12-25(13-15-27)36-24-9-5-4-6-10-24/h4-15,20H,3,16-19,21-22H2,1-2H3. The van der Waals surface area contributed by atoms with Crippen LogP contribution < -0.4 is 9.47 Å². The van der Waals surface area contributed by atoms with E-state index in [1.807, 2.05) is 54.6 Å². The molecule has 0 bridgehead atoms. The van der Waals surface area contributed by atoms with Gasteiger partial charge in [0.05, 0.1) is 29.8 Å². The molecule has 0 amide bonds. The molecule has 8 heteroatoms. The van der Waals surface area contributed by atoms with Gasteiger partial charge in [0.15, 0.2) is 9.84 Å². The number of rotatable bonds is 10. The van der Waals surface area contributed by atoms with Gasteiger partial charge in [-0.15, -0.1) is 0 Å². The fraction of sp³-hybridized carbons (Fsp3) is 0.345. The molecule has 3 aromatic carbocycles. The molecule has 0 saturated carbocycles. The van der Waals surface area contributed by atoms with Gasteiger partial charge in [0, 0.05) is 6.54 Å². The van der Waals surface area contributed by atoms with E-state index in [1.165, 1.54) is 12.1 Å². The lowest BCUT2D eigenvalue weighted by Gasteiger charge is -2.39. The van der Waals surface area contributed by atoms with Crippen molar-refractivity contribution in [3.63, 3.8) is 0 Å². The van der Waals surface area contributed by atoms with E-state index >= 15 is 0 Å². The summed E-state index contributed by atoms with van der Waals surface area (Å²) in [5, 5.41) is 0. The summed E-state index contributed by atoms with van der Waals surface area (Å²) in [5.41, 5.74) is 0.0206. The second-order valence-corrected chi connectivity index (χ2v) is 11.3. The average molecular weight is 524 g/mol. The highest BCUT2D eigenvalue weighted by Crippen LogP contribution is 2.37. The Morgan fingerprint density at radius 2 is 1.54 bits per heavy atom. The van der Waals surface area contributed by atoms with E-state index in [0.29, 0.717) is 44.0 Å². The molecule has 3 aromatic rings. The summed E-state index contributed by atoms with van der Waals surface area (Å²) in [6.45, 7) is 3.83. The highest BCUT2D eigenvalue weighted by atomic mass is 32.2. The molecule has 0 N–H and O–H groups in total. The number of carbonyl (C=O) groups is 1. The van der Waals surface area contributed by atoms with Crippen molar-refractivity contribution in [2.24, 2.45) is 5.41 Å². The molecule has 0 aliphatic carbocycles. The molecule has 1 heterocycles. The van der Waals surface area contributed by atoms with Crippen LogP contribution in [-0.2, 0) is 25.9 Å². The van der Waals surface area contributed by atoms with Crippen molar-refractivity contribution in [3.05, 3.63) is 84.4 Å². The van der Waals surface area contributed by atoms with Crippen LogP contribution in [0.15, 0.2) is 83.8 Å². The van der Waals surface area contributed by atoms with Crippen molar-refractivity contribution in [1.29, 1.82) is 0 Å². The van der Waals surface area contributed by atoms with Crippen LogP contribution in [0.2, 0.25) is 0 Å². The van der Waals surface area contributed by atoms with Gasteiger partial charge in [0.25, 0.3) is 0 Å². The lowest BCUT2D eigenvalue weighted by Crippen LogP contribution is -2.48. The van der Waals surface area contributed by atoms with Gasteiger partial charge < -0.3 is 14.2 Å². The maximum Gasteiger partial charge on any atom is 0.313 e. The van der Waals surface area contributed by atoms with Crippen LogP contribution in [0, 0.1) is 5.41 Å². The average Bonchev–Trinajstić information content (AvgIpc) is 2.91. The maximum absolute atomic E-state index is 13.5. The number of ether oxygens (including phenoxy) is 3. The molecule has 1 fully saturated rings. The van der Waals surface area contributed by atoms with E-state index in [2.05, 4.69) is 4.90 Å². The molecular formula is C29H33NO6S. The van der Waals surface area contributed by atoms with Gasteiger partial charge in [0.1, 0.15) is 17.2 Å². The zero-order valence-corrected chi connectivity index (χ0v) is 22.1. The Kier molecular flexibility index (Phi) is 8.51. The predicted molar refractivity (Wildman–Crippen MR) is 142 cm³/mol. The third-order valence-corrected chi connectivity index (χ3v) is 8.61. The van der Waals surface area contributed by atoms with Crippen LogP contribution >= 0.6 is 0 Å². The quantitative estimate of drug-likeness (QED) is 0.342. The normalized spacial score (nSPS) is 15.6. The zero-order valence-electron chi connectivity index (χ0n) is 21.3. The SMILES string of the molecule is CCOC(=O)C1(CS(=O)(=O)c2ccc(Oc3ccccc3)cc2)CCN(Cc2cccc(OC)c2)CC1. The van der Waals surface area contributed by atoms with E-state index in [1.54, 1.807) is 26.2 Å². The summed E-state index contributed by atoms with van der Waals surface area (Å²) >= 11 is 0. The molecule has 7 nitrogen and oxygen atoms in total. The van der Waals surface area contributed by atoms with Crippen molar-refractivity contribution in [2.45, 2.75) is 31.2 Å². The number of piperidine rings is 1. The highest BCUT2D eigenvalue weighted by molar-refractivity contribution is 7.91. The number of hydrogen-bond donors (Lipinski definition) is 0. The second kappa shape index (κ2) is 11.8. The summed E-state index contributed by atoms with van der Waals surface area (Å²) in [5.74, 6) is 1.27.